The Balaban J connectivity index is 1.69. The van der Waals surface area contributed by atoms with Gasteiger partial charge in [0.15, 0.2) is 0 Å². The summed E-state index contributed by atoms with van der Waals surface area (Å²) < 4.78 is 40.3. The highest BCUT2D eigenvalue weighted by molar-refractivity contribution is 7.92. The minimum atomic E-state index is -3.89. The van der Waals surface area contributed by atoms with Gasteiger partial charge in [-0.1, -0.05) is 23.8 Å². The molecule has 0 saturated heterocycles. The number of carbonyl (C=O) groups excluding carboxylic acids is 1. The molecule has 0 radical (unpaired) electrons. The molecule has 0 bridgehead atoms. The highest BCUT2D eigenvalue weighted by atomic mass is 32.2. The maximum Gasteiger partial charge on any atom is 0.310 e. The molecule has 0 amide bonds. The topological polar surface area (TPSA) is 96.7 Å². The van der Waals surface area contributed by atoms with Crippen molar-refractivity contribution < 1.29 is 22.7 Å². The largest absolute Gasteiger partial charge is 0.486 e. The van der Waals surface area contributed by atoms with Crippen LogP contribution in [0.3, 0.4) is 0 Å². The Labute approximate surface area is 201 Å². The van der Waals surface area contributed by atoms with Crippen LogP contribution in [-0.4, -0.2) is 32.6 Å². The van der Waals surface area contributed by atoms with Gasteiger partial charge >= 0.3 is 5.97 Å². The standard InChI is InChI=1S/C26H30N2O5S/c1-18-5-8-21(9-6-18)34(30,31)28-16-20(15-26(17-27)11-12-26)32-23-10-7-19(13-22(23)28)14-24(29)33-25(2,3)4/h5-10,13,20H,11-12,14-16H2,1-4H3. The number of benzene rings is 2. The number of hydrogen-bond donors (Lipinski definition) is 0. The average molecular weight is 483 g/mol. The molecule has 1 unspecified atom stereocenters. The van der Waals surface area contributed by atoms with Gasteiger partial charge in [-0.2, -0.15) is 5.26 Å². The van der Waals surface area contributed by atoms with Crippen molar-refractivity contribution in [2.75, 3.05) is 10.8 Å². The summed E-state index contributed by atoms with van der Waals surface area (Å²) >= 11 is 0. The van der Waals surface area contributed by atoms with E-state index in [1.165, 1.54) is 4.31 Å². The summed E-state index contributed by atoms with van der Waals surface area (Å²) in [4.78, 5) is 12.5. The fourth-order valence-electron chi connectivity index (χ4n) is 4.13. The molecule has 2 aromatic carbocycles. The molecule has 4 rings (SSSR count). The number of fused-ring (bicyclic) bond motifs is 1. The first-order valence-electron chi connectivity index (χ1n) is 11.4. The SMILES string of the molecule is Cc1ccc(S(=O)(=O)N2CC(CC3(C#N)CC3)Oc3ccc(CC(=O)OC(C)(C)C)cc32)cc1. The second-order valence-corrected chi connectivity index (χ2v) is 12.1. The molecule has 34 heavy (non-hydrogen) atoms. The van der Waals surface area contributed by atoms with E-state index in [1.54, 1.807) is 63.2 Å². The lowest BCUT2D eigenvalue weighted by Gasteiger charge is -2.36. The first-order chi connectivity index (χ1) is 15.9. The van der Waals surface area contributed by atoms with Gasteiger partial charge in [0.25, 0.3) is 10.0 Å². The summed E-state index contributed by atoms with van der Waals surface area (Å²) in [5.41, 5.74) is 0.943. The van der Waals surface area contributed by atoms with Gasteiger partial charge in [-0.25, -0.2) is 8.42 Å². The first kappa shape index (κ1) is 24.1. The molecule has 1 aliphatic heterocycles. The Morgan fingerprint density at radius 1 is 1.21 bits per heavy atom. The van der Waals surface area contributed by atoms with Crippen LogP contribution in [0.5, 0.6) is 5.75 Å². The van der Waals surface area contributed by atoms with Gasteiger partial charge in [-0.15, -0.1) is 0 Å². The van der Waals surface area contributed by atoms with Crippen molar-refractivity contribution in [3.8, 4) is 11.8 Å². The van der Waals surface area contributed by atoms with Crippen LogP contribution in [0, 0.1) is 23.7 Å². The van der Waals surface area contributed by atoms with Crippen molar-refractivity contribution in [3.05, 3.63) is 53.6 Å². The van der Waals surface area contributed by atoms with E-state index in [-0.39, 0.29) is 23.8 Å². The Hall–Kier alpha value is -3.05. The van der Waals surface area contributed by atoms with Crippen molar-refractivity contribution in [3.63, 3.8) is 0 Å². The van der Waals surface area contributed by atoms with E-state index in [4.69, 9.17) is 9.47 Å². The molecule has 7 nitrogen and oxygen atoms in total. The molecular weight excluding hydrogens is 452 g/mol. The maximum atomic E-state index is 13.7. The fourth-order valence-corrected chi connectivity index (χ4v) is 5.63. The average Bonchev–Trinajstić information content (AvgIpc) is 3.52. The van der Waals surface area contributed by atoms with Gasteiger partial charge in [-0.05, 0) is 70.4 Å². The third kappa shape index (κ3) is 5.20. The summed E-state index contributed by atoms with van der Waals surface area (Å²) in [5, 5.41) is 9.53. The predicted molar refractivity (Wildman–Crippen MR) is 128 cm³/mol. The third-order valence-corrected chi connectivity index (χ3v) is 7.84. The molecule has 1 atom stereocenters. The lowest BCUT2D eigenvalue weighted by Crippen LogP contribution is -2.44. The summed E-state index contributed by atoms with van der Waals surface area (Å²) in [6.07, 6.45) is 1.66. The molecule has 0 spiro atoms. The number of anilines is 1. The molecule has 2 aromatic rings. The molecule has 0 aromatic heterocycles. The molecule has 1 saturated carbocycles. The van der Waals surface area contributed by atoms with Gasteiger partial charge in [0.1, 0.15) is 17.5 Å². The van der Waals surface area contributed by atoms with Crippen molar-refractivity contribution in [2.24, 2.45) is 5.41 Å². The molecule has 1 fully saturated rings. The molecule has 1 heterocycles. The number of aryl methyl sites for hydroxylation is 1. The second kappa shape index (κ2) is 8.62. The predicted octanol–water partition coefficient (Wildman–Crippen LogP) is 4.53. The zero-order valence-electron chi connectivity index (χ0n) is 20.0. The minimum Gasteiger partial charge on any atom is -0.486 e. The van der Waals surface area contributed by atoms with Crippen molar-refractivity contribution in [2.45, 2.75) is 70.0 Å². The number of nitrogens with zero attached hydrogens (tertiary/aromatic N) is 2. The van der Waals surface area contributed by atoms with E-state index >= 15 is 0 Å². The van der Waals surface area contributed by atoms with Crippen LogP contribution < -0.4 is 9.04 Å². The van der Waals surface area contributed by atoms with Gasteiger partial charge in [0, 0.05) is 6.42 Å². The van der Waals surface area contributed by atoms with Crippen molar-refractivity contribution in [1.29, 1.82) is 5.26 Å². The van der Waals surface area contributed by atoms with Gasteiger partial charge in [0.05, 0.1) is 35.0 Å². The van der Waals surface area contributed by atoms with E-state index in [2.05, 4.69) is 6.07 Å². The zero-order chi connectivity index (χ0) is 24.7. The van der Waals surface area contributed by atoms with Crippen molar-refractivity contribution >= 4 is 21.7 Å². The van der Waals surface area contributed by atoms with Gasteiger partial charge in [-0.3, -0.25) is 9.10 Å². The zero-order valence-corrected chi connectivity index (χ0v) is 20.8. The van der Waals surface area contributed by atoms with Gasteiger partial charge in [0.2, 0.25) is 0 Å². The second-order valence-electron chi connectivity index (χ2n) is 10.3. The monoisotopic (exact) mass is 482 g/mol. The first-order valence-corrected chi connectivity index (χ1v) is 12.9. The van der Waals surface area contributed by atoms with E-state index in [9.17, 15) is 18.5 Å². The van der Waals surface area contributed by atoms with Crippen molar-refractivity contribution in [1.82, 2.24) is 0 Å². The van der Waals surface area contributed by atoms with Crippen LogP contribution in [0.2, 0.25) is 0 Å². The lowest BCUT2D eigenvalue weighted by molar-refractivity contribution is -0.153. The molecule has 8 heteroatoms. The van der Waals surface area contributed by atoms with Crippen LogP contribution in [0.15, 0.2) is 47.4 Å². The van der Waals surface area contributed by atoms with E-state index in [0.717, 1.165) is 18.4 Å². The number of sulfonamides is 1. The summed E-state index contributed by atoms with van der Waals surface area (Å²) in [7, 11) is -3.89. The summed E-state index contributed by atoms with van der Waals surface area (Å²) in [6.45, 7) is 7.40. The Bertz CT molecular complexity index is 1240. The minimum absolute atomic E-state index is 0.0178. The lowest BCUT2D eigenvalue weighted by atomic mass is 9.99. The summed E-state index contributed by atoms with van der Waals surface area (Å²) in [5.74, 6) is 0.0355. The smallest absolute Gasteiger partial charge is 0.310 e. The van der Waals surface area contributed by atoms with E-state index in [1.807, 2.05) is 6.92 Å². The Morgan fingerprint density at radius 2 is 1.88 bits per heavy atom. The number of esters is 1. The van der Waals surface area contributed by atoms with Crippen LogP contribution in [-0.2, 0) is 26.0 Å². The third-order valence-electron chi connectivity index (χ3n) is 6.04. The highest BCUT2D eigenvalue weighted by Crippen LogP contribution is 2.50. The Kier molecular flexibility index (Phi) is 6.11. The quantitative estimate of drug-likeness (QED) is 0.561. The molecule has 180 valence electrons. The number of hydrogen-bond acceptors (Lipinski definition) is 6. The van der Waals surface area contributed by atoms with Crippen LogP contribution >= 0.6 is 0 Å². The molecule has 0 N–H and O–H groups in total. The van der Waals surface area contributed by atoms with Crippen LogP contribution in [0.4, 0.5) is 5.69 Å². The molecule has 2 aliphatic rings. The molecular formula is C26H30N2O5S. The normalized spacial score (nSPS) is 18.9. The number of nitriles is 1. The summed E-state index contributed by atoms with van der Waals surface area (Å²) in [6, 6.07) is 14.2. The van der Waals surface area contributed by atoms with Gasteiger partial charge < -0.3 is 9.47 Å². The Morgan fingerprint density at radius 3 is 2.47 bits per heavy atom. The van der Waals surface area contributed by atoms with E-state index < -0.39 is 27.1 Å². The highest BCUT2D eigenvalue weighted by Gasteiger charge is 2.47. The number of carbonyl (C=O) groups is 1. The number of ether oxygens (including phenoxy) is 2. The maximum absolute atomic E-state index is 13.7. The van der Waals surface area contributed by atoms with E-state index in [0.29, 0.717) is 23.4 Å². The van der Waals surface area contributed by atoms with Crippen LogP contribution in [0.25, 0.3) is 0 Å². The fraction of sp³-hybridized carbons (Fsp3) is 0.462. The van der Waals surface area contributed by atoms with Crippen LogP contribution in [0.1, 0.15) is 51.2 Å². The molecule has 1 aliphatic carbocycles. The number of rotatable bonds is 6.